The number of para-hydroxylation sites is 1. The molecule has 2 fully saturated rings. The molecule has 2 atom stereocenters. The summed E-state index contributed by atoms with van der Waals surface area (Å²) in [4.78, 5) is 29.2. The summed E-state index contributed by atoms with van der Waals surface area (Å²) in [6, 6.07) is 16.2. The Hall–Kier alpha value is -2.70. The summed E-state index contributed by atoms with van der Waals surface area (Å²) < 4.78 is 5.79. The van der Waals surface area contributed by atoms with Gasteiger partial charge in [-0.05, 0) is 62.2 Å². The zero-order chi connectivity index (χ0) is 20.2. The summed E-state index contributed by atoms with van der Waals surface area (Å²) in [5.41, 5.74) is 0.568. The van der Waals surface area contributed by atoms with E-state index in [2.05, 4.69) is 4.90 Å². The standard InChI is InChI=1S/C23H26N2O4/c26-15-13-17-6-4-5-14-24(17)21-16-22(27)25(23(21)28)18-9-11-20(12-10-18)29-19-7-2-1-3-8-19/h1-3,7-12,17,21,26H,4-6,13-16H2/t17-,21+/m0/s1. The predicted molar refractivity (Wildman–Crippen MR) is 110 cm³/mol. The van der Waals surface area contributed by atoms with E-state index in [0.29, 0.717) is 17.9 Å². The molecule has 0 radical (unpaired) electrons. The van der Waals surface area contributed by atoms with Gasteiger partial charge in [0.25, 0.3) is 5.91 Å². The van der Waals surface area contributed by atoms with Crippen LogP contribution in [-0.2, 0) is 9.59 Å². The third-order valence-electron chi connectivity index (χ3n) is 5.73. The van der Waals surface area contributed by atoms with Crippen molar-refractivity contribution in [1.82, 2.24) is 4.90 Å². The van der Waals surface area contributed by atoms with E-state index in [-0.39, 0.29) is 30.9 Å². The molecule has 4 rings (SSSR count). The Balaban J connectivity index is 1.48. The molecule has 29 heavy (non-hydrogen) atoms. The number of hydrogen-bond acceptors (Lipinski definition) is 5. The van der Waals surface area contributed by atoms with Crippen LogP contribution in [0.5, 0.6) is 11.5 Å². The van der Waals surface area contributed by atoms with Crippen molar-refractivity contribution in [3.63, 3.8) is 0 Å². The number of aliphatic hydroxyl groups is 1. The fraction of sp³-hybridized carbons (Fsp3) is 0.391. The third kappa shape index (κ3) is 4.18. The van der Waals surface area contributed by atoms with Crippen molar-refractivity contribution in [3.8, 4) is 11.5 Å². The molecule has 0 spiro atoms. The van der Waals surface area contributed by atoms with Crippen molar-refractivity contribution in [1.29, 1.82) is 0 Å². The zero-order valence-electron chi connectivity index (χ0n) is 16.4. The molecule has 1 N–H and O–H groups in total. The monoisotopic (exact) mass is 394 g/mol. The van der Waals surface area contributed by atoms with E-state index in [1.54, 1.807) is 24.3 Å². The molecule has 2 aliphatic rings. The number of amides is 2. The third-order valence-corrected chi connectivity index (χ3v) is 5.73. The minimum atomic E-state index is -0.431. The van der Waals surface area contributed by atoms with Crippen LogP contribution in [0.1, 0.15) is 32.1 Å². The van der Waals surface area contributed by atoms with Gasteiger partial charge in [0.2, 0.25) is 5.91 Å². The molecule has 152 valence electrons. The molecule has 0 bridgehead atoms. The van der Waals surface area contributed by atoms with Crippen molar-refractivity contribution in [3.05, 3.63) is 54.6 Å². The van der Waals surface area contributed by atoms with Gasteiger partial charge in [-0.25, -0.2) is 4.90 Å². The predicted octanol–water partition coefficient (Wildman–Crippen LogP) is 3.35. The van der Waals surface area contributed by atoms with Gasteiger partial charge in [-0.1, -0.05) is 24.6 Å². The molecule has 0 aromatic heterocycles. The topological polar surface area (TPSA) is 70.1 Å². The maximum atomic E-state index is 13.1. The number of carbonyl (C=O) groups is 2. The Morgan fingerprint density at radius 3 is 2.41 bits per heavy atom. The lowest BCUT2D eigenvalue weighted by atomic mass is 9.97. The van der Waals surface area contributed by atoms with Gasteiger partial charge in [0.1, 0.15) is 11.5 Å². The lowest BCUT2D eigenvalue weighted by Crippen LogP contribution is -2.50. The number of likely N-dealkylation sites (tertiary alicyclic amines) is 1. The number of piperidine rings is 1. The van der Waals surface area contributed by atoms with Crippen LogP contribution in [0.3, 0.4) is 0 Å². The van der Waals surface area contributed by atoms with E-state index in [9.17, 15) is 14.7 Å². The van der Waals surface area contributed by atoms with Gasteiger partial charge in [0.15, 0.2) is 0 Å². The fourth-order valence-electron chi connectivity index (χ4n) is 4.33. The first kappa shape index (κ1) is 19.6. The van der Waals surface area contributed by atoms with Crippen LogP contribution in [0, 0.1) is 0 Å². The van der Waals surface area contributed by atoms with E-state index in [1.165, 1.54) is 4.90 Å². The Labute approximate surface area is 170 Å². The van der Waals surface area contributed by atoms with Crippen molar-refractivity contribution >= 4 is 17.5 Å². The van der Waals surface area contributed by atoms with E-state index >= 15 is 0 Å². The highest BCUT2D eigenvalue weighted by Gasteiger charge is 2.44. The SMILES string of the molecule is O=C1C[C@@H](N2CCCC[C@H]2CCO)C(=O)N1c1ccc(Oc2ccccc2)cc1. The first-order valence-electron chi connectivity index (χ1n) is 10.2. The molecular weight excluding hydrogens is 368 g/mol. The van der Waals surface area contributed by atoms with Crippen LogP contribution in [0.2, 0.25) is 0 Å². The summed E-state index contributed by atoms with van der Waals surface area (Å²) in [5, 5.41) is 9.36. The Bertz CT molecular complexity index is 851. The lowest BCUT2D eigenvalue weighted by molar-refractivity contribution is -0.123. The highest BCUT2D eigenvalue weighted by Crippen LogP contribution is 2.32. The highest BCUT2D eigenvalue weighted by molar-refractivity contribution is 6.22. The van der Waals surface area contributed by atoms with Crippen LogP contribution in [-0.4, -0.2) is 47.1 Å². The second-order valence-corrected chi connectivity index (χ2v) is 7.60. The highest BCUT2D eigenvalue weighted by atomic mass is 16.5. The molecule has 6 heteroatoms. The minimum Gasteiger partial charge on any atom is -0.457 e. The summed E-state index contributed by atoms with van der Waals surface area (Å²) in [7, 11) is 0. The Morgan fingerprint density at radius 2 is 1.69 bits per heavy atom. The molecule has 2 heterocycles. The fourth-order valence-corrected chi connectivity index (χ4v) is 4.33. The number of ether oxygens (including phenoxy) is 1. The molecule has 2 aliphatic heterocycles. The lowest BCUT2D eigenvalue weighted by Gasteiger charge is -2.38. The zero-order valence-corrected chi connectivity index (χ0v) is 16.4. The maximum Gasteiger partial charge on any atom is 0.251 e. The van der Waals surface area contributed by atoms with Crippen molar-refractivity contribution in [2.45, 2.75) is 44.2 Å². The number of nitrogens with zero attached hydrogens (tertiary/aromatic N) is 2. The molecular formula is C23H26N2O4. The van der Waals surface area contributed by atoms with Crippen molar-refractivity contribution in [2.75, 3.05) is 18.1 Å². The quantitative estimate of drug-likeness (QED) is 0.761. The van der Waals surface area contributed by atoms with Crippen LogP contribution in [0.25, 0.3) is 0 Å². The van der Waals surface area contributed by atoms with Gasteiger partial charge in [0, 0.05) is 12.6 Å². The molecule has 0 saturated carbocycles. The number of carbonyl (C=O) groups excluding carboxylic acids is 2. The van der Waals surface area contributed by atoms with Gasteiger partial charge in [0.05, 0.1) is 18.2 Å². The van der Waals surface area contributed by atoms with Gasteiger partial charge in [-0.15, -0.1) is 0 Å². The normalized spacial score (nSPS) is 22.9. The number of imide groups is 1. The van der Waals surface area contributed by atoms with E-state index in [4.69, 9.17) is 4.74 Å². The first-order chi connectivity index (χ1) is 14.2. The van der Waals surface area contributed by atoms with E-state index < -0.39 is 6.04 Å². The molecule has 2 amide bonds. The van der Waals surface area contributed by atoms with Gasteiger partial charge >= 0.3 is 0 Å². The molecule has 0 unspecified atom stereocenters. The summed E-state index contributed by atoms with van der Waals surface area (Å²) >= 11 is 0. The summed E-state index contributed by atoms with van der Waals surface area (Å²) in [6.07, 6.45) is 3.92. The van der Waals surface area contributed by atoms with Gasteiger partial charge < -0.3 is 9.84 Å². The van der Waals surface area contributed by atoms with Crippen molar-refractivity contribution < 1.29 is 19.4 Å². The second kappa shape index (κ2) is 8.76. The van der Waals surface area contributed by atoms with Gasteiger partial charge in [-0.3, -0.25) is 14.5 Å². The van der Waals surface area contributed by atoms with E-state index in [0.717, 1.165) is 31.6 Å². The molecule has 6 nitrogen and oxygen atoms in total. The molecule has 2 saturated heterocycles. The Morgan fingerprint density at radius 1 is 0.966 bits per heavy atom. The number of hydrogen-bond donors (Lipinski definition) is 1. The van der Waals surface area contributed by atoms with Crippen LogP contribution < -0.4 is 9.64 Å². The smallest absolute Gasteiger partial charge is 0.251 e. The number of benzene rings is 2. The average Bonchev–Trinajstić information content (AvgIpc) is 3.04. The number of aliphatic hydroxyl groups excluding tert-OH is 1. The first-order valence-corrected chi connectivity index (χ1v) is 10.2. The minimum absolute atomic E-state index is 0.0998. The number of rotatable bonds is 6. The molecule has 2 aromatic carbocycles. The average molecular weight is 394 g/mol. The summed E-state index contributed by atoms with van der Waals surface area (Å²) in [5.74, 6) is 1.03. The number of anilines is 1. The maximum absolute atomic E-state index is 13.1. The summed E-state index contributed by atoms with van der Waals surface area (Å²) in [6.45, 7) is 0.897. The Kier molecular flexibility index (Phi) is 5.92. The van der Waals surface area contributed by atoms with E-state index in [1.807, 2.05) is 30.3 Å². The van der Waals surface area contributed by atoms with Crippen molar-refractivity contribution in [2.24, 2.45) is 0 Å². The van der Waals surface area contributed by atoms with Gasteiger partial charge in [-0.2, -0.15) is 0 Å². The van der Waals surface area contributed by atoms with Crippen LogP contribution >= 0.6 is 0 Å². The molecule has 2 aromatic rings. The largest absolute Gasteiger partial charge is 0.457 e. The van der Waals surface area contributed by atoms with Crippen LogP contribution in [0.4, 0.5) is 5.69 Å². The van der Waals surface area contributed by atoms with Crippen LogP contribution in [0.15, 0.2) is 54.6 Å². The molecule has 0 aliphatic carbocycles. The second-order valence-electron chi connectivity index (χ2n) is 7.60.